The highest BCUT2D eigenvalue weighted by molar-refractivity contribution is 5.94. The number of nitrogens with one attached hydrogen (secondary N) is 1. The van der Waals surface area contributed by atoms with Crippen molar-refractivity contribution < 1.29 is 14.3 Å². The first kappa shape index (κ1) is 22.3. The van der Waals surface area contributed by atoms with Crippen LogP contribution in [0.5, 0.6) is 0 Å². The summed E-state index contributed by atoms with van der Waals surface area (Å²) in [5.41, 5.74) is 2.37. The van der Waals surface area contributed by atoms with E-state index < -0.39 is 17.2 Å². The Kier molecular flexibility index (Phi) is 5.75. The summed E-state index contributed by atoms with van der Waals surface area (Å²) >= 11 is 0. The fourth-order valence-corrected chi connectivity index (χ4v) is 3.96. The van der Waals surface area contributed by atoms with E-state index in [0.29, 0.717) is 29.8 Å². The molecule has 0 saturated carbocycles. The van der Waals surface area contributed by atoms with Crippen molar-refractivity contribution in [3.8, 4) is 5.82 Å². The molecule has 2 aromatic heterocycles. The lowest BCUT2D eigenvalue weighted by Crippen LogP contribution is -2.45. The van der Waals surface area contributed by atoms with Gasteiger partial charge in [0.15, 0.2) is 0 Å². The number of hydrogen-bond donors (Lipinski definition) is 1. The second-order valence-electron chi connectivity index (χ2n) is 8.02. The van der Waals surface area contributed by atoms with Gasteiger partial charge in [-0.1, -0.05) is 6.07 Å². The first-order valence-electron chi connectivity index (χ1n) is 10.7. The third-order valence-corrected chi connectivity index (χ3v) is 5.96. The summed E-state index contributed by atoms with van der Waals surface area (Å²) in [5, 5.41) is 0. The van der Waals surface area contributed by atoms with Gasteiger partial charge in [-0.05, 0) is 50.5 Å². The highest BCUT2D eigenvalue weighted by Gasteiger charge is 2.27. The maximum absolute atomic E-state index is 13.2. The molecule has 1 N–H and O–H groups in total. The molecule has 10 nitrogen and oxygen atoms in total. The van der Waals surface area contributed by atoms with Crippen LogP contribution in [-0.2, 0) is 24.8 Å². The van der Waals surface area contributed by atoms with Gasteiger partial charge in [0.05, 0.1) is 19.3 Å². The quantitative estimate of drug-likeness (QED) is 0.597. The number of aromatic amines is 1. The second-order valence-corrected chi connectivity index (χ2v) is 8.02. The molecule has 1 amide bonds. The molecule has 4 rings (SSSR count). The normalized spacial score (nSPS) is 13.0. The van der Waals surface area contributed by atoms with Gasteiger partial charge < -0.3 is 19.2 Å². The third-order valence-electron chi connectivity index (χ3n) is 5.96. The number of esters is 1. The van der Waals surface area contributed by atoms with Crippen molar-refractivity contribution in [3.63, 3.8) is 0 Å². The molecule has 0 atom stereocenters. The molecule has 1 aromatic carbocycles. The summed E-state index contributed by atoms with van der Waals surface area (Å²) in [7, 11) is 1.53. The summed E-state index contributed by atoms with van der Waals surface area (Å²) in [6, 6.07) is 5.53. The average Bonchev–Trinajstić information content (AvgIpc) is 3.16. The van der Waals surface area contributed by atoms with E-state index in [1.807, 2.05) is 26.0 Å². The van der Waals surface area contributed by atoms with Crippen LogP contribution in [0.15, 0.2) is 34.0 Å². The zero-order valence-electron chi connectivity index (χ0n) is 19.0. The van der Waals surface area contributed by atoms with Gasteiger partial charge in [0, 0.05) is 30.4 Å². The zero-order chi connectivity index (χ0) is 23.9. The number of aromatic nitrogens is 4. The van der Waals surface area contributed by atoms with Gasteiger partial charge in [-0.3, -0.25) is 9.59 Å². The number of hydrogen-bond acceptors (Lipinski definition) is 6. The Bertz CT molecular complexity index is 1380. The van der Waals surface area contributed by atoms with E-state index in [1.54, 1.807) is 17.9 Å². The number of imidazole rings is 1. The lowest BCUT2D eigenvalue weighted by Gasteiger charge is -2.28. The minimum Gasteiger partial charge on any atom is -0.460 e. The number of aryl methyl sites for hydroxylation is 2. The maximum atomic E-state index is 13.2. The largest absolute Gasteiger partial charge is 0.460 e. The number of benzene rings is 1. The fourth-order valence-electron chi connectivity index (χ4n) is 3.96. The molecule has 0 aliphatic carbocycles. The maximum Gasteiger partial charge on any atom is 0.374 e. The monoisotopic (exact) mass is 451 g/mol. The van der Waals surface area contributed by atoms with Crippen molar-refractivity contribution in [2.24, 2.45) is 7.05 Å². The van der Waals surface area contributed by atoms with Crippen LogP contribution in [0.2, 0.25) is 0 Å². The number of carbonyl (C=O) groups excluding carboxylic acids is 2. The van der Waals surface area contributed by atoms with Crippen LogP contribution in [-0.4, -0.2) is 49.0 Å². The summed E-state index contributed by atoms with van der Waals surface area (Å²) in [6.45, 7) is 6.26. The minimum absolute atomic E-state index is 0.0129. The van der Waals surface area contributed by atoms with Crippen LogP contribution in [0.25, 0.3) is 5.82 Å². The van der Waals surface area contributed by atoms with Gasteiger partial charge in [0.2, 0.25) is 5.82 Å². The Morgan fingerprint density at radius 2 is 1.94 bits per heavy atom. The molecule has 172 valence electrons. The van der Waals surface area contributed by atoms with E-state index in [1.165, 1.54) is 17.8 Å². The van der Waals surface area contributed by atoms with Gasteiger partial charge in [0.25, 0.3) is 11.5 Å². The SMILES string of the molecule is CCOC(=O)c1ncc(-n2c(=O)[nH]c3c(c2=O)CCN(C(=O)c2ccc(C)c(C)c2)C3)n1C. The molecule has 0 spiro atoms. The Balaban J connectivity index is 1.67. The smallest absolute Gasteiger partial charge is 0.374 e. The number of fused-ring (bicyclic) bond motifs is 1. The summed E-state index contributed by atoms with van der Waals surface area (Å²) in [4.78, 5) is 59.5. The number of rotatable bonds is 4. The molecule has 0 fully saturated rings. The summed E-state index contributed by atoms with van der Waals surface area (Å²) in [6.07, 6.45) is 1.58. The Morgan fingerprint density at radius 3 is 2.64 bits per heavy atom. The molecule has 1 aliphatic heterocycles. The molecule has 0 saturated heterocycles. The second kappa shape index (κ2) is 8.53. The molecular weight excluding hydrogens is 426 g/mol. The Hall–Kier alpha value is -3.95. The van der Waals surface area contributed by atoms with Crippen LogP contribution in [0.4, 0.5) is 0 Å². The van der Waals surface area contributed by atoms with Crippen LogP contribution < -0.4 is 11.2 Å². The molecule has 0 radical (unpaired) electrons. The summed E-state index contributed by atoms with van der Waals surface area (Å²) in [5.74, 6) is -0.657. The van der Waals surface area contributed by atoms with Crippen molar-refractivity contribution in [1.29, 1.82) is 0 Å². The number of H-pyrrole nitrogens is 1. The molecule has 0 bridgehead atoms. The molecule has 10 heteroatoms. The summed E-state index contributed by atoms with van der Waals surface area (Å²) < 4.78 is 7.26. The molecule has 3 heterocycles. The van der Waals surface area contributed by atoms with E-state index in [0.717, 1.165) is 15.7 Å². The van der Waals surface area contributed by atoms with Gasteiger partial charge in [-0.25, -0.2) is 19.1 Å². The Labute approximate surface area is 189 Å². The predicted molar refractivity (Wildman–Crippen MR) is 120 cm³/mol. The predicted octanol–water partition coefficient (Wildman–Crippen LogP) is 1.25. The van der Waals surface area contributed by atoms with Gasteiger partial charge >= 0.3 is 11.7 Å². The molecule has 0 unspecified atom stereocenters. The van der Waals surface area contributed by atoms with E-state index in [4.69, 9.17) is 4.74 Å². The van der Waals surface area contributed by atoms with Gasteiger partial charge in [-0.15, -0.1) is 0 Å². The van der Waals surface area contributed by atoms with E-state index in [9.17, 15) is 19.2 Å². The number of nitrogens with zero attached hydrogens (tertiary/aromatic N) is 4. The number of amides is 1. The van der Waals surface area contributed by atoms with E-state index in [-0.39, 0.29) is 30.7 Å². The number of carbonyl (C=O) groups is 2. The van der Waals surface area contributed by atoms with Crippen LogP contribution >= 0.6 is 0 Å². The van der Waals surface area contributed by atoms with Crippen LogP contribution in [0, 0.1) is 13.8 Å². The minimum atomic E-state index is -0.669. The fraction of sp³-hybridized carbons (Fsp3) is 0.348. The van der Waals surface area contributed by atoms with Crippen molar-refractivity contribution in [2.45, 2.75) is 33.7 Å². The van der Waals surface area contributed by atoms with Gasteiger partial charge in [0.1, 0.15) is 5.82 Å². The van der Waals surface area contributed by atoms with Crippen molar-refractivity contribution in [3.05, 3.63) is 79.0 Å². The van der Waals surface area contributed by atoms with Crippen LogP contribution in [0.1, 0.15) is 50.3 Å². The lowest BCUT2D eigenvalue weighted by atomic mass is 10.0. The highest BCUT2D eigenvalue weighted by Crippen LogP contribution is 2.18. The first-order valence-corrected chi connectivity index (χ1v) is 10.7. The lowest BCUT2D eigenvalue weighted by molar-refractivity contribution is 0.0507. The zero-order valence-corrected chi connectivity index (χ0v) is 19.0. The van der Waals surface area contributed by atoms with E-state index in [2.05, 4.69) is 9.97 Å². The van der Waals surface area contributed by atoms with Crippen molar-refractivity contribution in [1.82, 2.24) is 24.0 Å². The molecule has 1 aliphatic rings. The highest BCUT2D eigenvalue weighted by atomic mass is 16.5. The first-order chi connectivity index (χ1) is 15.7. The van der Waals surface area contributed by atoms with Gasteiger partial charge in [-0.2, -0.15) is 0 Å². The van der Waals surface area contributed by atoms with Crippen molar-refractivity contribution in [2.75, 3.05) is 13.2 Å². The van der Waals surface area contributed by atoms with Crippen molar-refractivity contribution >= 4 is 11.9 Å². The average molecular weight is 451 g/mol. The molecule has 33 heavy (non-hydrogen) atoms. The topological polar surface area (TPSA) is 119 Å². The van der Waals surface area contributed by atoms with Crippen LogP contribution in [0.3, 0.4) is 0 Å². The van der Waals surface area contributed by atoms with E-state index >= 15 is 0 Å². The Morgan fingerprint density at radius 1 is 1.18 bits per heavy atom. The molecular formula is C23H25N5O5. The third kappa shape index (κ3) is 3.88. The number of ether oxygens (including phenoxy) is 1. The molecule has 3 aromatic rings. The standard InChI is InChI=1S/C23H25N5O5/c1-5-33-22(31)19-24-11-18(26(19)4)28-21(30)16-8-9-27(12-17(16)25-23(28)32)20(29)15-7-6-13(2)14(3)10-15/h6-7,10-11H,5,8-9,12H2,1-4H3,(H,25,32).